The molecule has 0 aromatic heterocycles. The predicted octanol–water partition coefficient (Wildman–Crippen LogP) is 2.70. The molecule has 0 aromatic carbocycles. The van der Waals surface area contributed by atoms with Crippen molar-refractivity contribution in [1.29, 1.82) is 0 Å². The second-order valence-corrected chi connectivity index (χ2v) is 15.3. The summed E-state index contributed by atoms with van der Waals surface area (Å²) in [5, 5.41) is 48.8. The number of aliphatic hydroxyl groups excluding tert-OH is 5. The molecular formula is C33H52O9. The standard InChI is InChI=1S/C33H52O9/c1-17-7-12-33(40-16-17)18(2)26-25(42-33)14-23-21-6-5-19-13-20(8-10-31(19,3)22(21)9-11-32(23,26)4)41-30(39)29(38)28(37)27(36)24(35)15-34/h5,17-18,20-29,34-38H,6-16H2,1-4H3/t17-,18+,20?,21?,22?,23?,24-,25?,26?,27+,28-,29-,31?,32?,33+/m1/s1. The first kappa shape index (κ1) is 30.9. The Morgan fingerprint density at radius 3 is 2.50 bits per heavy atom. The van der Waals surface area contributed by atoms with E-state index in [0.29, 0.717) is 48.3 Å². The average Bonchev–Trinajstić information content (AvgIpc) is 3.42. The number of carbonyl (C=O) groups excluding carboxylic acids is 1. The molecular weight excluding hydrogens is 540 g/mol. The van der Waals surface area contributed by atoms with Crippen LogP contribution in [0.5, 0.6) is 0 Å². The Balaban J connectivity index is 1.12. The van der Waals surface area contributed by atoms with Crippen LogP contribution >= 0.6 is 0 Å². The topological polar surface area (TPSA) is 146 Å². The summed E-state index contributed by atoms with van der Waals surface area (Å²) in [7, 11) is 0. The molecule has 238 valence electrons. The maximum atomic E-state index is 12.6. The maximum absolute atomic E-state index is 12.6. The van der Waals surface area contributed by atoms with Crippen molar-refractivity contribution >= 4 is 5.97 Å². The molecule has 0 radical (unpaired) electrons. The molecule has 5 N–H and O–H groups in total. The molecule has 1 spiro atoms. The fraction of sp³-hybridized carbons (Fsp3) is 0.909. The van der Waals surface area contributed by atoms with E-state index in [0.717, 1.165) is 32.3 Å². The highest BCUT2D eigenvalue weighted by atomic mass is 16.7. The predicted molar refractivity (Wildman–Crippen MR) is 153 cm³/mol. The van der Waals surface area contributed by atoms with Crippen LogP contribution in [0.25, 0.3) is 0 Å². The Hall–Kier alpha value is -1.07. The van der Waals surface area contributed by atoms with Crippen LogP contribution in [0.3, 0.4) is 0 Å². The summed E-state index contributed by atoms with van der Waals surface area (Å²) >= 11 is 0. The van der Waals surface area contributed by atoms with Crippen LogP contribution < -0.4 is 0 Å². The van der Waals surface area contributed by atoms with Crippen LogP contribution in [0.4, 0.5) is 0 Å². The molecule has 9 heteroatoms. The van der Waals surface area contributed by atoms with E-state index in [1.54, 1.807) is 0 Å². The number of esters is 1. The minimum atomic E-state index is -2.01. The highest BCUT2D eigenvalue weighted by molar-refractivity contribution is 5.75. The number of fused-ring (bicyclic) bond motifs is 7. The lowest BCUT2D eigenvalue weighted by atomic mass is 9.47. The van der Waals surface area contributed by atoms with Gasteiger partial charge in [0.15, 0.2) is 11.9 Å². The van der Waals surface area contributed by atoms with Crippen LogP contribution in [0.15, 0.2) is 11.6 Å². The number of rotatable bonds is 6. The summed E-state index contributed by atoms with van der Waals surface area (Å²) in [6, 6.07) is 0. The Bertz CT molecular complexity index is 1050. The zero-order valence-corrected chi connectivity index (χ0v) is 25.7. The SMILES string of the molecule is C[C@@H]1CC[C@]2(OC1)OC1CC3C4CC=C5CC(OC(=O)[C@H](O)[C@H](O)[C@@H](O)[C@H](O)CO)CCC5(C)C4CCC3(C)C1[C@@H]2C. The van der Waals surface area contributed by atoms with Crippen LogP contribution in [0.1, 0.15) is 85.5 Å². The Morgan fingerprint density at radius 2 is 1.81 bits per heavy atom. The number of hydrogen-bond donors (Lipinski definition) is 5. The Kier molecular flexibility index (Phi) is 8.16. The number of hydrogen-bond acceptors (Lipinski definition) is 9. The lowest BCUT2D eigenvalue weighted by Gasteiger charge is -2.58. The summed E-state index contributed by atoms with van der Waals surface area (Å²) in [4.78, 5) is 12.6. The van der Waals surface area contributed by atoms with Gasteiger partial charge in [-0.15, -0.1) is 0 Å². The lowest BCUT2D eigenvalue weighted by molar-refractivity contribution is -0.272. The molecule has 15 atom stereocenters. The van der Waals surface area contributed by atoms with Gasteiger partial charge in [0, 0.05) is 18.8 Å². The van der Waals surface area contributed by atoms with Crippen molar-refractivity contribution in [2.75, 3.05) is 13.2 Å². The summed E-state index contributed by atoms with van der Waals surface area (Å²) in [5.41, 5.74) is 1.62. The summed E-state index contributed by atoms with van der Waals surface area (Å²) in [5.74, 6) is 1.92. The molecule has 0 amide bonds. The molecule has 5 fully saturated rings. The normalized spacial score (nSPS) is 49.1. The minimum absolute atomic E-state index is 0.0424. The van der Waals surface area contributed by atoms with E-state index in [1.165, 1.54) is 24.8 Å². The average molecular weight is 593 g/mol. The minimum Gasteiger partial charge on any atom is -0.460 e. The third-order valence-electron chi connectivity index (χ3n) is 13.1. The molecule has 2 saturated heterocycles. The Labute approximate surface area is 249 Å². The third kappa shape index (κ3) is 4.72. The molecule has 2 aliphatic heterocycles. The van der Waals surface area contributed by atoms with Gasteiger partial charge in [-0.25, -0.2) is 4.79 Å². The quantitative estimate of drug-likeness (QED) is 0.232. The highest BCUT2D eigenvalue weighted by Gasteiger charge is 2.68. The molecule has 9 nitrogen and oxygen atoms in total. The van der Waals surface area contributed by atoms with Gasteiger partial charge in [-0.05, 0) is 85.4 Å². The first-order valence-electron chi connectivity index (χ1n) is 16.4. The second-order valence-electron chi connectivity index (χ2n) is 15.3. The van der Waals surface area contributed by atoms with Gasteiger partial charge >= 0.3 is 5.97 Å². The van der Waals surface area contributed by atoms with E-state index in [1.807, 2.05) is 0 Å². The molecule has 2 heterocycles. The number of carbonyl (C=O) groups is 1. The molecule has 0 aromatic rings. The van der Waals surface area contributed by atoms with Crippen molar-refractivity contribution in [3.63, 3.8) is 0 Å². The van der Waals surface area contributed by atoms with Gasteiger partial charge in [-0.2, -0.15) is 0 Å². The molecule has 3 saturated carbocycles. The zero-order valence-electron chi connectivity index (χ0n) is 25.7. The summed E-state index contributed by atoms with van der Waals surface area (Å²) in [6.07, 6.45) is 3.60. The van der Waals surface area contributed by atoms with Crippen molar-refractivity contribution in [2.24, 2.45) is 46.3 Å². The van der Waals surface area contributed by atoms with Crippen LogP contribution in [0.2, 0.25) is 0 Å². The second kappa shape index (κ2) is 11.1. The van der Waals surface area contributed by atoms with Gasteiger partial charge in [0.05, 0.1) is 19.3 Å². The van der Waals surface area contributed by atoms with Crippen molar-refractivity contribution in [3.05, 3.63) is 11.6 Å². The lowest BCUT2D eigenvalue weighted by Crippen LogP contribution is -2.53. The molecule has 42 heavy (non-hydrogen) atoms. The fourth-order valence-electron chi connectivity index (χ4n) is 10.6. The van der Waals surface area contributed by atoms with E-state index in [-0.39, 0.29) is 16.9 Å². The molecule has 0 bridgehead atoms. The van der Waals surface area contributed by atoms with Gasteiger partial charge in [0.25, 0.3) is 0 Å². The molecule has 6 aliphatic rings. The van der Waals surface area contributed by atoms with Crippen LogP contribution in [0, 0.1) is 46.3 Å². The van der Waals surface area contributed by atoms with E-state index < -0.39 is 48.9 Å². The number of ether oxygens (including phenoxy) is 3. The summed E-state index contributed by atoms with van der Waals surface area (Å²) in [6.45, 7) is 9.57. The van der Waals surface area contributed by atoms with Gasteiger partial charge in [0.2, 0.25) is 0 Å². The smallest absolute Gasteiger partial charge is 0.338 e. The number of allylic oxidation sites excluding steroid dienone is 1. The largest absolute Gasteiger partial charge is 0.460 e. The first-order chi connectivity index (χ1) is 19.8. The van der Waals surface area contributed by atoms with Crippen LogP contribution in [-0.2, 0) is 19.0 Å². The van der Waals surface area contributed by atoms with Gasteiger partial charge in [-0.3, -0.25) is 0 Å². The monoisotopic (exact) mass is 592 g/mol. The van der Waals surface area contributed by atoms with E-state index >= 15 is 0 Å². The van der Waals surface area contributed by atoms with Gasteiger partial charge in [0.1, 0.15) is 24.4 Å². The van der Waals surface area contributed by atoms with E-state index in [2.05, 4.69) is 33.8 Å². The molecule has 4 aliphatic carbocycles. The molecule has 6 rings (SSSR count). The van der Waals surface area contributed by atoms with Gasteiger partial charge in [-0.1, -0.05) is 39.3 Å². The summed E-state index contributed by atoms with van der Waals surface area (Å²) < 4.78 is 19.0. The maximum Gasteiger partial charge on any atom is 0.338 e. The third-order valence-corrected chi connectivity index (χ3v) is 13.1. The van der Waals surface area contributed by atoms with Crippen LogP contribution in [-0.4, -0.2) is 87.1 Å². The first-order valence-corrected chi connectivity index (χ1v) is 16.4. The Morgan fingerprint density at radius 1 is 1.05 bits per heavy atom. The van der Waals surface area contributed by atoms with Gasteiger partial charge < -0.3 is 39.7 Å². The van der Waals surface area contributed by atoms with Crippen molar-refractivity contribution in [2.45, 2.75) is 128 Å². The van der Waals surface area contributed by atoms with E-state index in [4.69, 9.17) is 19.3 Å². The van der Waals surface area contributed by atoms with E-state index in [9.17, 15) is 25.2 Å². The highest BCUT2D eigenvalue weighted by Crippen LogP contribution is 2.70. The van der Waals surface area contributed by atoms with Crippen molar-refractivity contribution in [1.82, 2.24) is 0 Å². The van der Waals surface area contributed by atoms with Crippen molar-refractivity contribution < 1.29 is 44.5 Å². The molecule has 8 unspecified atom stereocenters. The number of aliphatic hydroxyl groups is 5. The zero-order chi connectivity index (χ0) is 30.2. The van der Waals surface area contributed by atoms with Crippen molar-refractivity contribution in [3.8, 4) is 0 Å². The fourth-order valence-corrected chi connectivity index (χ4v) is 10.6.